The number of aryl methyl sites for hydroxylation is 2. The highest BCUT2D eigenvalue weighted by Gasteiger charge is 2.25. The molecule has 134 valence electrons. The van der Waals surface area contributed by atoms with E-state index in [0.717, 1.165) is 35.7 Å². The molecule has 5 heteroatoms. The molecule has 1 aromatic heterocycles. The smallest absolute Gasteiger partial charge is 0.224 e. The van der Waals surface area contributed by atoms with Gasteiger partial charge in [0.15, 0.2) is 0 Å². The SMILES string of the molecule is Cc1ccc(C(CNC(=O)Cc2ccccc2C)N2CCOCC2)o1. The molecule has 1 saturated heterocycles. The second-order valence-electron chi connectivity index (χ2n) is 6.52. The van der Waals surface area contributed by atoms with Crippen molar-refractivity contribution in [3.63, 3.8) is 0 Å². The number of nitrogens with one attached hydrogen (secondary N) is 1. The number of carbonyl (C=O) groups excluding carboxylic acids is 1. The third kappa shape index (κ3) is 4.71. The predicted octanol–water partition coefficient (Wildman–Crippen LogP) is 2.63. The molecule has 0 saturated carbocycles. The first-order chi connectivity index (χ1) is 12.1. The van der Waals surface area contributed by atoms with Crippen LogP contribution < -0.4 is 5.32 Å². The molecular weight excluding hydrogens is 316 g/mol. The summed E-state index contributed by atoms with van der Waals surface area (Å²) in [4.78, 5) is 14.7. The summed E-state index contributed by atoms with van der Waals surface area (Å²) in [7, 11) is 0. The molecule has 1 amide bonds. The number of hydrogen-bond donors (Lipinski definition) is 1. The Morgan fingerprint density at radius 1 is 1.16 bits per heavy atom. The second-order valence-corrected chi connectivity index (χ2v) is 6.52. The predicted molar refractivity (Wildman–Crippen MR) is 96.5 cm³/mol. The molecule has 3 rings (SSSR count). The van der Waals surface area contributed by atoms with Crippen LogP contribution in [-0.4, -0.2) is 43.7 Å². The molecule has 1 fully saturated rings. The molecule has 1 unspecified atom stereocenters. The van der Waals surface area contributed by atoms with E-state index < -0.39 is 0 Å². The van der Waals surface area contributed by atoms with Gasteiger partial charge in [-0.3, -0.25) is 9.69 Å². The summed E-state index contributed by atoms with van der Waals surface area (Å²) in [6, 6.07) is 12.0. The van der Waals surface area contributed by atoms with Gasteiger partial charge in [0.2, 0.25) is 5.91 Å². The van der Waals surface area contributed by atoms with E-state index in [1.807, 2.05) is 50.2 Å². The second kappa shape index (κ2) is 8.32. The molecule has 1 aliphatic heterocycles. The molecule has 0 spiro atoms. The van der Waals surface area contributed by atoms with Gasteiger partial charge in [-0.2, -0.15) is 0 Å². The van der Waals surface area contributed by atoms with Crippen LogP contribution in [0.5, 0.6) is 0 Å². The summed E-state index contributed by atoms with van der Waals surface area (Å²) in [5.41, 5.74) is 2.21. The summed E-state index contributed by atoms with van der Waals surface area (Å²) in [6.07, 6.45) is 0.402. The number of nitrogens with zero attached hydrogens (tertiary/aromatic N) is 1. The Morgan fingerprint density at radius 3 is 2.60 bits per heavy atom. The van der Waals surface area contributed by atoms with Crippen LogP contribution in [0.4, 0.5) is 0 Å². The van der Waals surface area contributed by atoms with E-state index in [1.165, 1.54) is 0 Å². The van der Waals surface area contributed by atoms with Crippen LogP contribution in [0.2, 0.25) is 0 Å². The van der Waals surface area contributed by atoms with Crippen LogP contribution in [0.15, 0.2) is 40.8 Å². The summed E-state index contributed by atoms with van der Waals surface area (Å²) in [5.74, 6) is 1.82. The largest absolute Gasteiger partial charge is 0.465 e. The van der Waals surface area contributed by atoms with Gasteiger partial charge in [-0.15, -0.1) is 0 Å². The average Bonchev–Trinajstić information content (AvgIpc) is 3.04. The summed E-state index contributed by atoms with van der Waals surface area (Å²) < 4.78 is 11.3. The van der Waals surface area contributed by atoms with Crippen molar-refractivity contribution in [3.05, 3.63) is 59.0 Å². The van der Waals surface area contributed by atoms with Crippen molar-refractivity contribution < 1.29 is 13.9 Å². The van der Waals surface area contributed by atoms with Crippen molar-refractivity contribution in [1.82, 2.24) is 10.2 Å². The van der Waals surface area contributed by atoms with Crippen molar-refractivity contribution in [2.75, 3.05) is 32.8 Å². The number of furan rings is 1. The highest BCUT2D eigenvalue weighted by molar-refractivity contribution is 5.78. The van der Waals surface area contributed by atoms with Gasteiger partial charge in [0, 0.05) is 19.6 Å². The maximum absolute atomic E-state index is 12.4. The summed E-state index contributed by atoms with van der Waals surface area (Å²) >= 11 is 0. The zero-order valence-electron chi connectivity index (χ0n) is 15.0. The Bertz CT molecular complexity index is 704. The maximum Gasteiger partial charge on any atom is 0.224 e. The van der Waals surface area contributed by atoms with E-state index in [1.54, 1.807) is 0 Å². The quantitative estimate of drug-likeness (QED) is 0.877. The minimum absolute atomic E-state index is 0.0378. The van der Waals surface area contributed by atoms with Gasteiger partial charge in [0.1, 0.15) is 11.5 Å². The van der Waals surface area contributed by atoms with Gasteiger partial charge >= 0.3 is 0 Å². The Morgan fingerprint density at radius 2 is 1.92 bits per heavy atom. The number of hydrogen-bond acceptors (Lipinski definition) is 4. The first-order valence-electron chi connectivity index (χ1n) is 8.83. The first-order valence-corrected chi connectivity index (χ1v) is 8.83. The molecule has 1 aliphatic rings. The third-order valence-electron chi connectivity index (χ3n) is 4.68. The molecule has 2 heterocycles. The van der Waals surface area contributed by atoms with E-state index >= 15 is 0 Å². The van der Waals surface area contributed by atoms with E-state index in [4.69, 9.17) is 9.15 Å². The normalized spacial score (nSPS) is 16.6. The van der Waals surface area contributed by atoms with Gasteiger partial charge in [-0.25, -0.2) is 0 Å². The van der Waals surface area contributed by atoms with Crippen LogP contribution >= 0.6 is 0 Å². The topological polar surface area (TPSA) is 54.7 Å². The summed E-state index contributed by atoms with van der Waals surface area (Å²) in [6.45, 7) is 7.63. The number of morpholine rings is 1. The third-order valence-corrected chi connectivity index (χ3v) is 4.68. The Labute approximate surface area is 149 Å². The lowest BCUT2D eigenvalue weighted by Gasteiger charge is -2.33. The molecule has 2 aromatic rings. The number of benzene rings is 1. The standard InChI is InChI=1S/C20H26N2O3/c1-15-5-3-4-6-17(15)13-20(23)21-14-18(19-8-7-16(2)25-19)22-9-11-24-12-10-22/h3-8,18H,9-14H2,1-2H3,(H,21,23). The van der Waals surface area contributed by atoms with Crippen molar-refractivity contribution in [3.8, 4) is 0 Å². The van der Waals surface area contributed by atoms with Gasteiger partial charge < -0.3 is 14.5 Å². The molecule has 1 atom stereocenters. The zero-order valence-corrected chi connectivity index (χ0v) is 15.0. The monoisotopic (exact) mass is 342 g/mol. The number of carbonyl (C=O) groups is 1. The molecular formula is C20H26N2O3. The van der Waals surface area contributed by atoms with E-state index in [0.29, 0.717) is 26.2 Å². The highest BCUT2D eigenvalue weighted by atomic mass is 16.5. The first kappa shape index (κ1) is 17.7. The highest BCUT2D eigenvalue weighted by Crippen LogP contribution is 2.23. The fraction of sp³-hybridized carbons (Fsp3) is 0.450. The summed E-state index contributed by atoms with van der Waals surface area (Å²) in [5, 5.41) is 3.08. The van der Waals surface area contributed by atoms with E-state index in [2.05, 4.69) is 10.2 Å². The Balaban J connectivity index is 1.63. The zero-order chi connectivity index (χ0) is 17.6. The van der Waals surface area contributed by atoms with Crippen LogP contribution in [0.1, 0.15) is 28.7 Å². The average molecular weight is 342 g/mol. The van der Waals surface area contributed by atoms with Crippen molar-refractivity contribution >= 4 is 5.91 Å². The van der Waals surface area contributed by atoms with Gasteiger partial charge in [0.05, 0.1) is 25.7 Å². The number of amides is 1. The lowest BCUT2D eigenvalue weighted by molar-refractivity contribution is -0.120. The van der Waals surface area contributed by atoms with Crippen molar-refractivity contribution in [2.45, 2.75) is 26.3 Å². The van der Waals surface area contributed by atoms with Crippen molar-refractivity contribution in [2.24, 2.45) is 0 Å². The number of ether oxygens (including phenoxy) is 1. The fourth-order valence-electron chi connectivity index (χ4n) is 3.19. The lowest BCUT2D eigenvalue weighted by Crippen LogP contribution is -2.44. The number of rotatable bonds is 6. The lowest BCUT2D eigenvalue weighted by atomic mass is 10.1. The van der Waals surface area contributed by atoms with Gasteiger partial charge in [-0.1, -0.05) is 24.3 Å². The minimum atomic E-state index is 0.0378. The molecule has 0 radical (unpaired) electrons. The molecule has 0 bridgehead atoms. The Kier molecular flexibility index (Phi) is 5.89. The van der Waals surface area contributed by atoms with Crippen LogP contribution in [-0.2, 0) is 16.0 Å². The molecule has 5 nitrogen and oxygen atoms in total. The molecule has 1 aromatic carbocycles. The van der Waals surface area contributed by atoms with E-state index in [-0.39, 0.29) is 11.9 Å². The molecule has 0 aliphatic carbocycles. The van der Waals surface area contributed by atoms with Crippen LogP contribution in [0.3, 0.4) is 0 Å². The van der Waals surface area contributed by atoms with Crippen LogP contribution in [0, 0.1) is 13.8 Å². The Hall–Kier alpha value is -2.11. The molecule has 25 heavy (non-hydrogen) atoms. The van der Waals surface area contributed by atoms with Crippen molar-refractivity contribution in [1.29, 1.82) is 0 Å². The maximum atomic E-state index is 12.4. The minimum Gasteiger partial charge on any atom is -0.465 e. The van der Waals surface area contributed by atoms with Gasteiger partial charge in [-0.05, 0) is 37.1 Å². The fourth-order valence-corrected chi connectivity index (χ4v) is 3.19. The van der Waals surface area contributed by atoms with Crippen LogP contribution in [0.25, 0.3) is 0 Å². The van der Waals surface area contributed by atoms with Gasteiger partial charge in [0.25, 0.3) is 0 Å². The molecule has 1 N–H and O–H groups in total. The van der Waals surface area contributed by atoms with E-state index in [9.17, 15) is 4.79 Å².